The number of benzene rings is 2. The molecule has 5 heteroatoms. The number of carbonyl (C=O) groups is 1. The second kappa shape index (κ2) is 6.90. The van der Waals surface area contributed by atoms with E-state index in [1.54, 1.807) is 12.1 Å². The first-order chi connectivity index (χ1) is 12.2. The number of hydrogen-bond acceptors (Lipinski definition) is 3. The number of hydrogen-bond donors (Lipinski definition) is 1. The van der Waals surface area contributed by atoms with Gasteiger partial charge in [0.1, 0.15) is 0 Å². The van der Waals surface area contributed by atoms with Crippen molar-refractivity contribution in [3.8, 4) is 0 Å². The highest BCUT2D eigenvalue weighted by molar-refractivity contribution is 6.62. The zero-order chi connectivity index (χ0) is 18.9. The molecule has 1 fully saturated rings. The predicted octanol–water partition coefficient (Wildman–Crippen LogP) is 3.80. The zero-order valence-corrected chi connectivity index (χ0v) is 16.1. The Bertz CT molecular complexity index is 783. The number of nitrogens with one attached hydrogen (secondary N) is 1. The van der Waals surface area contributed by atoms with E-state index >= 15 is 0 Å². The Morgan fingerprint density at radius 1 is 1.00 bits per heavy atom. The normalized spacial score (nSPS) is 18.0. The van der Waals surface area contributed by atoms with Crippen LogP contribution in [0.4, 0.5) is 5.69 Å². The fourth-order valence-electron chi connectivity index (χ4n) is 2.84. The summed E-state index contributed by atoms with van der Waals surface area (Å²) in [5.41, 5.74) is 2.76. The maximum atomic E-state index is 12.5. The standard InChI is InChI=1S/C21H26BNO3/c1-6-15-8-7-9-18(14-15)23-19(24)16-10-12-17(13-11-16)22-25-20(2,3)21(4,5)26-22/h7-14H,6H2,1-5H3,(H,23,24). The summed E-state index contributed by atoms with van der Waals surface area (Å²) in [5.74, 6) is -0.126. The Morgan fingerprint density at radius 3 is 2.19 bits per heavy atom. The number of carbonyl (C=O) groups excluding carboxylic acids is 1. The highest BCUT2D eigenvalue weighted by atomic mass is 16.7. The van der Waals surface area contributed by atoms with E-state index in [1.807, 2.05) is 58.0 Å². The molecule has 1 amide bonds. The van der Waals surface area contributed by atoms with Gasteiger partial charge in [-0.05, 0) is 69.4 Å². The number of anilines is 1. The van der Waals surface area contributed by atoms with Crippen molar-refractivity contribution in [3.63, 3.8) is 0 Å². The van der Waals surface area contributed by atoms with Crippen LogP contribution in [0, 0.1) is 0 Å². The van der Waals surface area contributed by atoms with Crippen LogP contribution in [0.1, 0.15) is 50.5 Å². The molecular formula is C21H26BNO3. The molecule has 0 bridgehead atoms. The molecule has 0 radical (unpaired) electrons. The molecule has 0 saturated carbocycles. The molecule has 1 heterocycles. The Morgan fingerprint density at radius 2 is 1.62 bits per heavy atom. The third kappa shape index (κ3) is 3.69. The zero-order valence-electron chi connectivity index (χ0n) is 16.1. The second-order valence-electron chi connectivity index (χ2n) is 7.72. The maximum Gasteiger partial charge on any atom is 0.494 e. The number of rotatable bonds is 4. The molecule has 1 saturated heterocycles. The van der Waals surface area contributed by atoms with E-state index in [0.29, 0.717) is 5.56 Å². The van der Waals surface area contributed by atoms with E-state index in [-0.39, 0.29) is 17.1 Å². The van der Waals surface area contributed by atoms with Crippen molar-refractivity contribution >= 4 is 24.2 Å². The quantitative estimate of drug-likeness (QED) is 0.853. The van der Waals surface area contributed by atoms with Crippen molar-refractivity contribution in [2.45, 2.75) is 52.2 Å². The van der Waals surface area contributed by atoms with Gasteiger partial charge in [0.25, 0.3) is 5.91 Å². The lowest BCUT2D eigenvalue weighted by molar-refractivity contribution is 0.00578. The topological polar surface area (TPSA) is 47.6 Å². The molecule has 1 aliphatic rings. The molecule has 0 spiro atoms. The number of amides is 1. The van der Waals surface area contributed by atoms with Gasteiger partial charge < -0.3 is 14.6 Å². The molecule has 0 aromatic heterocycles. The van der Waals surface area contributed by atoms with Crippen LogP contribution in [0.15, 0.2) is 48.5 Å². The second-order valence-corrected chi connectivity index (χ2v) is 7.72. The van der Waals surface area contributed by atoms with Crippen LogP contribution >= 0.6 is 0 Å². The average molecular weight is 351 g/mol. The first kappa shape index (κ1) is 18.7. The highest BCUT2D eigenvalue weighted by Gasteiger charge is 2.51. The molecule has 3 rings (SSSR count). The van der Waals surface area contributed by atoms with Gasteiger partial charge in [-0.2, -0.15) is 0 Å². The van der Waals surface area contributed by atoms with E-state index in [2.05, 4.69) is 18.3 Å². The summed E-state index contributed by atoms with van der Waals surface area (Å²) in [6.07, 6.45) is 0.937. The van der Waals surface area contributed by atoms with Gasteiger partial charge in [0, 0.05) is 11.3 Å². The van der Waals surface area contributed by atoms with Gasteiger partial charge in [-0.25, -0.2) is 0 Å². The van der Waals surface area contributed by atoms with Crippen molar-refractivity contribution in [1.29, 1.82) is 0 Å². The Labute approximate surface area is 156 Å². The third-order valence-electron chi connectivity index (χ3n) is 5.29. The Kier molecular flexibility index (Phi) is 4.95. The van der Waals surface area contributed by atoms with Gasteiger partial charge in [0.05, 0.1) is 11.2 Å². The Hall–Kier alpha value is -2.11. The third-order valence-corrected chi connectivity index (χ3v) is 5.29. The molecule has 2 aromatic carbocycles. The minimum atomic E-state index is -0.418. The van der Waals surface area contributed by atoms with Crippen molar-refractivity contribution in [3.05, 3.63) is 59.7 Å². The van der Waals surface area contributed by atoms with Gasteiger partial charge in [-0.3, -0.25) is 4.79 Å². The van der Waals surface area contributed by atoms with Crippen molar-refractivity contribution in [2.75, 3.05) is 5.32 Å². The van der Waals surface area contributed by atoms with Crippen molar-refractivity contribution in [2.24, 2.45) is 0 Å². The minimum Gasteiger partial charge on any atom is -0.399 e. The molecule has 0 atom stereocenters. The molecule has 0 aliphatic carbocycles. The van der Waals surface area contributed by atoms with Gasteiger partial charge in [0.2, 0.25) is 0 Å². The number of aryl methyl sites for hydroxylation is 1. The lowest BCUT2D eigenvalue weighted by atomic mass is 9.79. The molecule has 1 N–H and O–H groups in total. The highest BCUT2D eigenvalue weighted by Crippen LogP contribution is 2.36. The summed E-state index contributed by atoms with van der Waals surface area (Å²) in [6, 6.07) is 15.3. The fourth-order valence-corrected chi connectivity index (χ4v) is 2.84. The SMILES string of the molecule is CCc1cccc(NC(=O)c2ccc(B3OC(C)(C)C(C)(C)O3)cc2)c1. The Balaban J connectivity index is 1.70. The van der Waals surface area contributed by atoms with E-state index in [4.69, 9.17) is 9.31 Å². The van der Waals surface area contributed by atoms with Crippen molar-refractivity contribution in [1.82, 2.24) is 0 Å². The van der Waals surface area contributed by atoms with Crippen LogP contribution in [-0.4, -0.2) is 24.2 Å². The van der Waals surface area contributed by atoms with Crippen LogP contribution < -0.4 is 10.8 Å². The van der Waals surface area contributed by atoms with Crippen LogP contribution in [0.5, 0.6) is 0 Å². The predicted molar refractivity (Wildman–Crippen MR) is 106 cm³/mol. The lowest BCUT2D eigenvalue weighted by Gasteiger charge is -2.32. The maximum absolute atomic E-state index is 12.5. The molecule has 1 aliphatic heterocycles. The van der Waals surface area contributed by atoms with Gasteiger partial charge >= 0.3 is 7.12 Å². The average Bonchev–Trinajstić information content (AvgIpc) is 2.83. The molecule has 26 heavy (non-hydrogen) atoms. The first-order valence-electron chi connectivity index (χ1n) is 9.08. The summed E-state index contributed by atoms with van der Waals surface area (Å²) in [7, 11) is -0.418. The largest absolute Gasteiger partial charge is 0.494 e. The molecule has 136 valence electrons. The summed E-state index contributed by atoms with van der Waals surface area (Å²) in [5, 5.41) is 2.95. The monoisotopic (exact) mass is 351 g/mol. The molecule has 0 unspecified atom stereocenters. The van der Waals surface area contributed by atoms with E-state index in [9.17, 15) is 4.79 Å². The molecular weight excluding hydrogens is 325 g/mol. The molecule has 4 nitrogen and oxygen atoms in total. The van der Waals surface area contributed by atoms with Crippen LogP contribution in [0.3, 0.4) is 0 Å². The van der Waals surface area contributed by atoms with Gasteiger partial charge in [-0.15, -0.1) is 0 Å². The minimum absolute atomic E-state index is 0.126. The lowest BCUT2D eigenvalue weighted by Crippen LogP contribution is -2.41. The van der Waals surface area contributed by atoms with Crippen LogP contribution in [-0.2, 0) is 15.7 Å². The van der Waals surface area contributed by atoms with Gasteiger partial charge in [0.15, 0.2) is 0 Å². The van der Waals surface area contributed by atoms with E-state index in [1.165, 1.54) is 5.56 Å². The summed E-state index contributed by atoms with van der Waals surface area (Å²) in [4.78, 5) is 12.5. The fraction of sp³-hybridized carbons (Fsp3) is 0.381. The van der Waals surface area contributed by atoms with E-state index < -0.39 is 7.12 Å². The smallest absolute Gasteiger partial charge is 0.399 e. The van der Waals surface area contributed by atoms with Crippen LogP contribution in [0.2, 0.25) is 0 Å². The molecule has 2 aromatic rings. The van der Waals surface area contributed by atoms with E-state index in [0.717, 1.165) is 17.6 Å². The first-order valence-corrected chi connectivity index (χ1v) is 9.08. The van der Waals surface area contributed by atoms with Crippen LogP contribution in [0.25, 0.3) is 0 Å². The summed E-state index contributed by atoms with van der Waals surface area (Å²) >= 11 is 0. The summed E-state index contributed by atoms with van der Waals surface area (Å²) in [6.45, 7) is 10.2. The van der Waals surface area contributed by atoms with Gasteiger partial charge in [-0.1, -0.05) is 31.2 Å². The van der Waals surface area contributed by atoms with Crippen molar-refractivity contribution < 1.29 is 14.1 Å². The summed E-state index contributed by atoms with van der Waals surface area (Å²) < 4.78 is 12.1.